The van der Waals surface area contributed by atoms with Gasteiger partial charge in [0.25, 0.3) is 0 Å². The van der Waals surface area contributed by atoms with Gasteiger partial charge in [-0.2, -0.15) is 0 Å². The SMILES string of the molecule is Cc1ccc2[nH]c(=O)n(C3CCN(C4CCC(OC5CCC5)CC4)CC3)c2c1. The van der Waals surface area contributed by atoms with Crippen molar-refractivity contribution in [3.05, 3.63) is 34.2 Å². The van der Waals surface area contributed by atoms with E-state index in [1.807, 2.05) is 10.6 Å². The molecule has 5 rings (SSSR count). The fraction of sp³-hybridized carbons (Fsp3) is 0.696. The van der Waals surface area contributed by atoms with Crippen molar-refractivity contribution in [3.8, 4) is 0 Å². The van der Waals surface area contributed by atoms with Gasteiger partial charge in [0.05, 0.1) is 23.2 Å². The van der Waals surface area contributed by atoms with Crippen LogP contribution in [0.15, 0.2) is 23.0 Å². The smallest absolute Gasteiger partial charge is 0.326 e. The number of imidazole rings is 1. The lowest BCUT2D eigenvalue weighted by Gasteiger charge is -2.42. The number of likely N-dealkylation sites (tertiary alicyclic amines) is 1. The largest absolute Gasteiger partial charge is 0.375 e. The lowest BCUT2D eigenvalue weighted by molar-refractivity contribution is -0.0737. The van der Waals surface area contributed by atoms with Gasteiger partial charge in [0, 0.05) is 25.2 Å². The van der Waals surface area contributed by atoms with E-state index in [2.05, 4.69) is 28.9 Å². The van der Waals surface area contributed by atoms with Gasteiger partial charge in [-0.25, -0.2) is 4.79 Å². The number of hydrogen-bond donors (Lipinski definition) is 1. The Labute approximate surface area is 167 Å². The van der Waals surface area contributed by atoms with Gasteiger partial charge < -0.3 is 14.6 Å². The van der Waals surface area contributed by atoms with Crippen LogP contribution < -0.4 is 5.69 Å². The van der Waals surface area contributed by atoms with E-state index < -0.39 is 0 Å². The van der Waals surface area contributed by atoms with Gasteiger partial charge in [-0.1, -0.05) is 6.07 Å². The zero-order valence-electron chi connectivity index (χ0n) is 17.0. The normalized spacial score (nSPS) is 27.9. The first-order valence-corrected chi connectivity index (χ1v) is 11.3. The predicted molar refractivity (Wildman–Crippen MR) is 112 cm³/mol. The first-order valence-electron chi connectivity index (χ1n) is 11.3. The molecule has 0 unspecified atom stereocenters. The van der Waals surface area contributed by atoms with Crippen LogP contribution in [0.3, 0.4) is 0 Å². The highest BCUT2D eigenvalue weighted by Crippen LogP contribution is 2.33. The molecule has 1 aromatic heterocycles. The van der Waals surface area contributed by atoms with Crippen molar-refractivity contribution < 1.29 is 4.74 Å². The number of H-pyrrole nitrogens is 1. The molecule has 3 fully saturated rings. The summed E-state index contributed by atoms with van der Waals surface area (Å²) in [5.74, 6) is 0. The topological polar surface area (TPSA) is 50.3 Å². The Balaban J connectivity index is 1.19. The third kappa shape index (κ3) is 3.55. The maximum Gasteiger partial charge on any atom is 0.326 e. The number of aromatic nitrogens is 2. The number of ether oxygens (including phenoxy) is 1. The maximum absolute atomic E-state index is 12.6. The molecule has 152 valence electrons. The summed E-state index contributed by atoms with van der Waals surface area (Å²) in [4.78, 5) is 18.3. The van der Waals surface area contributed by atoms with E-state index in [1.54, 1.807) is 0 Å². The van der Waals surface area contributed by atoms with Crippen molar-refractivity contribution >= 4 is 11.0 Å². The van der Waals surface area contributed by atoms with Crippen LogP contribution in [0.4, 0.5) is 0 Å². The Hall–Kier alpha value is -1.59. The third-order valence-electron chi connectivity index (χ3n) is 7.33. The molecule has 28 heavy (non-hydrogen) atoms. The number of nitrogens with one attached hydrogen (secondary N) is 1. The maximum atomic E-state index is 12.6. The lowest BCUT2D eigenvalue weighted by Crippen LogP contribution is -2.45. The second-order valence-electron chi connectivity index (χ2n) is 9.21. The van der Waals surface area contributed by atoms with Crippen LogP contribution in [0.25, 0.3) is 11.0 Å². The average Bonchev–Trinajstić information content (AvgIpc) is 3.00. The van der Waals surface area contributed by atoms with Crippen molar-refractivity contribution in [2.24, 2.45) is 0 Å². The Morgan fingerprint density at radius 2 is 1.64 bits per heavy atom. The highest BCUT2D eigenvalue weighted by atomic mass is 16.5. The van der Waals surface area contributed by atoms with E-state index in [-0.39, 0.29) is 5.69 Å². The molecule has 0 atom stereocenters. The van der Waals surface area contributed by atoms with E-state index >= 15 is 0 Å². The molecule has 1 aliphatic heterocycles. The molecule has 3 aliphatic rings. The van der Waals surface area contributed by atoms with Crippen LogP contribution >= 0.6 is 0 Å². The predicted octanol–water partition coefficient (Wildman–Crippen LogP) is 4.16. The molecular formula is C23H33N3O2. The van der Waals surface area contributed by atoms with E-state index in [0.717, 1.165) is 37.0 Å². The van der Waals surface area contributed by atoms with E-state index in [1.165, 1.54) is 50.5 Å². The second kappa shape index (κ2) is 7.68. The quantitative estimate of drug-likeness (QED) is 0.863. The number of fused-ring (bicyclic) bond motifs is 1. The van der Waals surface area contributed by atoms with Crippen molar-refractivity contribution in [1.82, 2.24) is 14.5 Å². The molecule has 0 bridgehead atoms. The Bertz CT molecular complexity index is 866. The zero-order valence-corrected chi connectivity index (χ0v) is 17.0. The fourth-order valence-electron chi connectivity index (χ4n) is 5.43. The minimum Gasteiger partial charge on any atom is -0.375 e. The molecule has 2 saturated carbocycles. The van der Waals surface area contributed by atoms with Gasteiger partial charge in [0.1, 0.15) is 0 Å². The molecule has 1 saturated heterocycles. The van der Waals surface area contributed by atoms with E-state index in [9.17, 15) is 4.79 Å². The molecule has 0 spiro atoms. The molecule has 1 N–H and O–H groups in total. The molecular weight excluding hydrogens is 350 g/mol. The number of piperidine rings is 1. The van der Waals surface area contributed by atoms with E-state index in [4.69, 9.17) is 4.74 Å². The molecule has 2 aromatic rings. The van der Waals surface area contributed by atoms with Crippen molar-refractivity contribution in [2.45, 2.75) is 89.0 Å². The molecule has 2 aliphatic carbocycles. The summed E-state index contributed by atoms with van der Waals surface area (Å²) >= 11 is 0. The van der Waals surface area contributed by atoms with Crippen LogP contribution in [-0.4, -0.2) is 45.8 Å². The highest BCUT2D eigenvalue weighted by Gasteiger charge is 2.32. The first-order chi connectivity index (χ1) is 13.7. The summed E-state index contributed by atoms with van der Waals surface area (Å²) in [5, 5.41) is 0. The molecule has 0 radical (unpaired) electrons. The monoisotopic (exact) mass is 383 g/mol. The van der Waals surface area contributed by atoms with Gasteiger partial charge in [-0.15, -0.1) is 0 Å². The molecule has 5 nitrogen and oxygen atoms in total. The lowest BCUT2D eigenvalue weighted by atomic mass is 9.89. The minimum absolute atomic E-state index is 0.0488. The molecule has 2 heterocycles. The van der Waals surface area contributed by atoms with Crippen LogP contribution in [0.5, 0.6) is 0 Å². The summed E-state index contributed by atoms with van der Waals surface area (Å²) in [5.41, 5.74) is 3.28. The Morgan fingerprint density at radius 3 is 2.32 bits per heavy atom. The van der Waals surface area contributed by atoms with Crippen LogP contribution in [0.1, 0.15) is 69.4 Å². The Morgan fingerprint density at radius 1 is 0.929 bits per heavy atom. The number of rotatable bonds is 4. The first kappa shape index (κ1) is 18.4. The number of benzene rings is 1. The highest BCUT2D eigenvalue weighted by molar-refractivity contribution is 5.76. The average molecular weight is 384 g/mol. The van der Waals surface area contributed by atoms with Crippen LogP contribution in [-0.2, 0) is 4.74 Å². The van der Waals surface area contributed by atoms with Crippen molar-refractivity contribution in [3.63, 3.8) is 0 Å². The fourth-order valence-corrected chi connectivity index (χ4v) is 5.43. The number of aromatic amines is 1. The summed E-state index contributed by atoms with van der Waals surface area (Å²) in [6.45, 7) is 4.30. The van der Waals surface area contributed by atoms with Gasteiger partial charge in [-0.05, 0) is 82.4 Å². The van der Waals surface area contributed by atoms with Crippen molar-refractivity contribution in [1.29, 1.82) is 0 Å². The number of hydrogen-bond acceptors (Lipinski definition) is 3. The summed E-state index contributed by atoms with van der Waals surface area (Å²) in [6.07, 6.45) is 12.1. The number of nitrogens with zero attached hydrogens (tertiary/aromatic N) is 2. The van der Waals surface area contributed by atoms with Gasteiger partial charge in [-0.3, -0.25) is 4.57 Å². The summed E-state index contributed by atoms with van der Waals surface area (Å²) < 4.78 is 8.25. The molecule has 1 aromatic carbocycles. The van der Waals surface area contributed by atoms with E-state index in [0.29, 0.717) is 24.3 Å². The third-order valence-corrected chi connectivity index (χ3v) is 7.33. The van der Waals surface area contributed by atoms with Gasteiger partial charge in [0.15, 0.2) is 0 Å². The molecule has 5 heteroatoms. The van der Waals surface area contributed by atoms with Gasteiger partial charge >= 0.3 is 5.69 Å². The molecule has 0 amide bonds. The van der Waals surface area contributed by atoms with Crippen LogP contribution in [0, 0.1) is 6.92 Å². The number of aryl methyl sites for hydroxylation is 1. The Kier molecular flexibility index (Phi) is 5.06. The second-order valence-corrected chi connectivity index (χ2v) is 9.21. The van der Waals surface area contributed by atoms with Crippen LogP contribution in [0.2, 0.25) is 0 Å². The summed E-state index contributed by atoms with van der Waals surface area (Å²) in [7, 11) is 0. The summed E-state index contributed by atoms with van der Waals surface area (Å²) in [6, 6.07) is 7.27. The zero-order chi connectivity index (χ0) is 19.1. The minimum atomic E-state index is 0.0488. The van der Waals surface area contributed by atoms with Crippen molar-refractivity contribution in [2.75, 3.05) is 13.1 Å². The standard InChI is InChI=1S/C23H33N3O2/c1-16-5-10-21-22(15-16)26(23(27)24-21)18-11-13-25(14-12-18)17-6-8-20(9-7-17)28-19-3-2-4-19/h5,10,15,17-20H,2-4,6-9,11-14H2,1H3,(H,24,27). The van der Waals surface area contributed by atoms with Gasteiger partial charge in [0.2, 0.25) is 0 Å².